The van der Waals surface area contributed by atoms with Gasteiger partial charge in [-0.25, -0.2) is 0 Å². The number of nitrogens with zero attached hydrogens (tertiary/aromatic N) is 4. The Balaban J connectivity index is 2.67. The van der Waals surface area contributed by atoms with Crippen molar-refractivity contribution in [3.63, 3.8) is 0 Å². The highest BCUT2D eigenvalue weighted by Gasteiger charge is 2.27. The third kappa shape index (κ3) is 3.40. The maximum Gasteiger partial charge on any atom is 0.208 e. The number of rotatable bonds is 2. The summed E-state index contributed by atoms with van der Waals surface area (Å²) in [5.74, 6) is 0. The highest BCUT2D eigenvalue weighted by molar-refractivity contribution is 8.13. The molecule has 0 aromatic carbocycles. The van der Waals surface area contributed by atoms with Crippen molar-refractivity contribution in [3.8, 4) is 6.19 Å². The molecule has 1 rings (SSSR count). The largest absolute Gasteiger partial charge is 0.346 e. The summed E-state index contributed by atoms with van der Waals surface area (Å²) < 4.78 is 0. The summed E-state index contributed by atoms with van der Waals surface area (Å²) in [4.78, 5) is 8.32. The minimum Gasteiger partial charge on any atom is -0.346 e. The predicted molar refractivity (Wildman–Crippen MR) is 64.8 cm³/mol. The van der Waals surface area contributed by atoms with E-state index in [1.165, 1.54) is 12.8 Å². The standard InChI is InChI=1S/C10H18N4S/c1-13(2)7-9-5-4-6-14(9)10(15-3)12-8-11/h9H,4-7H2,1-3H3. The van der Waals surface area contributed by atoms with Gasteiger partial charge in [0.05, 0.1) is 0 Å². The Morgan fingerprint density at radius 2 is 2.40 bits per heavy atom. The highest BCUT2D eigenvalue weighted by atomic mass is 32.2. The number of likely N-dealkylation sites (N-methyl/N-ethyl adjacent to an activating group) is 1. The van der Waals surface area contributed by atoms with Crippen LogP contribution in [0.3, 0.4) is 0 Å². The molecule has 1 saturated heterocycles. The first-order valence-electron chi connectivity index (χ1n) is 5.11. The zero-order valence-electron chi connectivity index (χ0n) is 9.60. The molecule has 0 aliphatic carbocycles. The van der Waals surface area contributed by atoms with Gasteiger partial charge in [-0.1, -0.05) is 11.8 Å². The lowest BCUT2D eigenvalue weighted by Crippen LogP contribution is -2.40. The monoisotopic (exact) mass is 226 g/mol. The van der Waals surface area contributed by atoms with Gasteiger partial charge in [-0.05, 0) is 33.2 Å². The van der Waals surface area contributed by atoms with E-state index < -0.39 is 0 Å². The Labute approximate surface area is 95.9 Å². The van der Waals surface area contributed by atoms with Crippen molar-refractivity contribution in [3.05, 3.63) is 0 Å². The molecule has 0 aromatic rings. The van der Waals surface area contributed by atoms with Gasteiger partial charge < -0.3 is 9.80 Å². The number of amidine groups is 1. The molecule has 0 radical (unpaired) electrons. The minimum atomic E-state index is 0.513. The first-order valence-corrected chi connectivity index (χ1v) is 6.33. The summed E-state index contributed by atoms with van der Waals surface area (Å²) in [5.41, 5.74) is 0. The fourth-order valence-electron chi connectivity index (χ4n) is 1.97. The lowest BCUT2D eigenvalue weighted by molar-refractivity contribution is 0.289. The highest BCUT2D eigenvalue weighted by Crippen LogP contribution is 2.21. The molecule has 15 heavy (non-hydrogen) atoms. The van der Waals surface area contributed by atoms with Crippen LogP contribution in [0.25, 0.3) is 0 Å². The second-order valence-corrected chi connectivity index (χ2v) is 4.72. The van der Waals surface area contributed by atoms with Crippen LogP contribution >= 0.6 is 11.8 Å². The van der Waals surface area contributed by atoms with Gasteiger partial charge >= 0.3 is 0 Å². The number of aliphatic imine (C=N–C) groups is 1. The molecule has 0 N–H and O–H groups in total. The molecule has 5 heteroatoms. The quantitative estimate of drug-likeness (QED) is 0.403. The first kappa shape index (κ1) is 12.3. The summed E-state index contributed by atoms with van der Waals surface area (Å²) >= 11 is 1.56. The molecule has 0 amide bonds. The second kappa shape index (κ2) is 5.99. The number of thioether (sulfide) groups is 1. The third-order valence-electron chi connectivity index (χ3n) is 2.53. The van der Waals surface area contributed by atoms with Crippen LogP contribution in [0, 0.1) is 11.5 Å². The number of nitriles is 1. The fraction of sp³-hybridized carbons (Fsp3) is 0.800. The molecule has 1 atom stereocenters. The topological polar surface area (TPSA) is 42.6 Å². The lowest BCUT2D eigenvalue weighted by atomic mass is 10.2. The summed E-state index contributed by atoms with van der Waals surface area (Å²) in [6.45, 7) is 2.06. The summed E-state index contributed by atoms with van der Waals surface area (Å²) in [7, 11) is 4.16. The maximum atomic E-state index is 8.61. The summed E-state index contributed by atoms with van der Waals surface area (Å²) in [6.07, 6.45) is 6.25. The molecule has 0 aromatic heterocycles. The van der Waals surface area contributed by atoms with E-state index in [2.05, 4.69) is 28.9 Å². The molecular formula is C10H18N4S. The molecule has 1 fully saturated rings. The van der Waals surface area contributed by atoms with Gasteiger partial charge in [0.15, 0.2) is 5.17 Å². The average molecular weight is 226 g/mol. The van der Waals surface area contributed by atoms with Gasteiger partial charge in [0.25, 0.3) is 0 Å². The second-order valence-electron chi connectivity index (χ2n) is 3.95. The Morgan fingerprint density at radius 3 is 2.93 bits per heavy atom. The molecule has 1 heterocycles. The van der Waals surface area contributed by atoms with Crippen molar-refractivity contribution >= 4 is 16.9 Å². The van der Waals surface area contributed by atoms with Crippen LogP contribution in [0.4, 0.5) is 0 Å². The van der Waals surface area contributed by atoms with E-state index in [1.54, 1.807) is 11.8 Å². The van der Waals surface area contributed by atoms with Crippen molar-refractivity contribution in [2.75, 3.05) is 33.4 Å². The van der Waals surface area contributed by atoms with Crippen LogP contribution < -0.4 is 0 Å². The minimum absolute atomic E-state index is 0.513. The van der Waals surface area contributed by atoms with Crippen LogP contribution in [0.2, 0.25) is 0 Å². The predicted octanol–water partition coefficient (Wildman–Crippen LogP) is 1.21. The van der Waals surface area contributed by atoms with Crippen molar-refractivity contribution in [2.45, 2.75) is 18.9 Å². The molecule has 0 saturated carbocycles. The van der Waals surface area contributed by atoms with E-state index in [1.807, 2.05) is 12.4 Å². The van der Waals surface area contributed by atoms with Crippen LogP contribution in [0.1, 0.15) is 12.8 Å². The normalized spacial score (nSPS) is 22.2. The Morgan fingerprint density at radius 1 is 1.67 bits per heavy atom. The van der Waals surface area contributed by atoms with Gasteiger partial charge in [0.1, 0.15) is 0 Å². The van der Waals surface area contributed by atoms with Gasteiger partial charge in [-0.15, -0.1) is 4.99 Å². The average Bonchev–Trinajstić information content (AvgIpc) is 2.61. The fourth-order valence-corrected chi connectivity index (χ4v) is 2.58. The Kier molecular flexibility index (Phi) is 4.92. The van der Waals surface area contributed by atoms with E-state index in [-0.39, 0.29) is 0 Å². The molecule has 84 valence electrons. The van der Waals surface area contributed by atoms with Crippen molar-refractivity contribution in [2.24, 2.45) is 4.99 Å². The first-order chi connectivity index (χ1) is 7.19. The summed E-state index contributed by atoms with van der Waals surface area (Å²) in [5, 5.41) is 9.47. The van der Waals surface area contributed by atoms with E-state index in [9.17, 15) is 0 Å². The molecule has 4 nitrogen and oxygen atoms in total. The van der Waals surface area contributed by atoms with Crippen LogP contribution in [0.5, 0.6) is 0 Å². The van der Waals surface area contributed by atoms with E-state index in [0.29, 0.717) is 6.04 Å². The van der Waals surface area contributed by atoms with Gasteiger partial charge in [0, 0.05) is 19.1 Å². The number of likely N-dealkylation sites (tertiary alicyclic amines) is 1. The van der Waals surface area contributed by atoms with Crippen molar-refractivity contribution < 1.29 is 0 Å². The van der Waals surface area contributed by atoms with E-state index in [0.717, 1.165) is 18.3 Å². The Hall–Kier alpha value is -0.730. The van der Waals surface area contributed by atoms with Gasteiger partial charge in [-0.3, -0.25) is 0 Å². The molecule has 0 bridgehead atoms. The molecular weight excluding hydrogens is 208 g/mol. The molecule has 0 spiro atoms. The van der Waals surface area contributed by atoms with Gasteiger partial charge in [0.2, 0.25) is 6.19 Å². The van der Waals surface area contributed by atoms with Crippen LogP contribution in [0.15, 0.2) is 4.99 Å². The zero-order chi connectivity index (χ0) is 11.3. The maximum absolute atomic E-state index is 8.61. The van der Waals surface area contributed by atoms with Crippen molar-refractivity contribution in [1.82, 2.24) is 9.80 Å². The van der Waals surface area contributed by atoms with Crippen LogP contribution in [-0.2, 0) is 0 Å². The lowest BCUT2D eigenvalue weighted by Gasteiger charge is -2.28. The smallest absolute Gasteiger partial charge is 0.208 e. The SMILES string of the molecule is CSC(=NC#N)N1CCCC1CN(C)C. The van der Waals surface area contributed by atoms with Crippen molar-refractivity contribution in [1.29, 1.82) is 5.26 Å². The molecule has 1 aliphatic rings. The zero-order valence-corrected chi connectivity index (χ0v) is 10.4. The molecule has 1 aliphatic heterocycles. The van der Waals surface area contributed by atoms with Gasteiger partial charge in [-0.2, -0.15) is 5.26 Å². The van der Waals surface area contributed by atoms with E-state index >= 15 is 0 Å². The van der Waals surface area contributed by atoms with Crippen LogP contribution in [-0.4, -0.2) is 54.4 Å². The Bertz CT molecular complexity index is 269. The summed E-state index contributed by atoms with van der Waals surface area (Å²) in [6, 6.07) is 0.513. The molecule has 1 unspecified atom stereocenters. The number of hydrogen-bond acceptors (Lipinski definition) is 4. The van der Waals surface area contributed by atoms with E-state index in [4.69, 9.17) is 5.26 Å². The third-order valence-corrected chi connectivity index (χ3v) is 3.22. The number of hydrogen-bond donors (Lipinski definition) is 0.